The summed E-state index contributed by atoms with van der Waals surface area (Å²) in [6, 6.07) is 5.43. The van der Waals surface area contributed by atoms with Gasteiger partial charge in [0, 0.05) is 0 Å². The molecule has 0 atom stereocenters. The Hall–Kier alpha value is -1.75. The van der Waals surface area contributed by atoms with E-state index >= 15 is 0 Å². The zero-order chi connectivity index (χ0) is 10.6. The first-order valence-electron chi connectivity index (χ1n) is 4.30. The highest BCUT2D eigenvalue weighted by Gasteiger charge is 2.10. The van der Waals surface area contributed by atoms with Crippen LogP contribution in [-0.2, 0) is 0 Å². The Kier molecular flexibility index (Phi) is 3.30. The number of Topliss-reactive ketones (excluding diaryl/α,β-unsaturated/α-hetero) is 1. The highest BCUT2D eigenvalue weighted by Crippen LogP contribution is 2.21. The summed E-state index contributed by atoms with van der Waals surface area (Å²) in [4.78, 5) is 11.5. The number of methoxy groups -OCH3 is 1. The van der Waals surface area contributed by atoms with Gasteiger partial charge in [0.1, 0.15) is 5.75 Å². The fourth-order valence-electron chi connectivity index (χ4n) is 1.22. The lowest BCUT2D eigenvalue weighted by atomic mass is 10.1. The molecule has 2 nitrogen and oxygen atoms in total. The summed E-state index contributed by atoms with van der Waals surface area (Å²) in [5.41, 5.74) is 1.61. The molecule has 1 aromatic rings. The van der Waals surface area contributed by atoms with Crippen molar-refractivity contribution in [2.75, 3.05) is 7.11 Å². The molecule has 0 fully saturated rings. The number of aryl methyl sites for hydroxylation is 1. The highest BCUT2D eigenvalue weighted by molar-refractivity contribution is 6.00. The first kappa shape index (κ1) is 10.3. The van der Waals surface area contributed by atoms with Crippen LogP contribution in [0.3, 0.4) is 0 Å². The normalized spacial score (nSPS) is 9.21. The van der Waals surface area contributed by atoms with Gasteiger partial charge in [0.25, 0.3) is 0 Å². The van der Waals surface area contributed by atoms with Crippen molar-refractivity contribution in [1.82, 2.24) is 0 Å². The topological polar surface area (TPSA) is 26.3 Å². The number of rotatable bonds is 3. The zero-order valence-corrected chi connectivity index (χ0v) is 8.33. The molecule has 0 N–H and O–H groups in total. The van der Waals surface area contributed by atoms with E-state index in [-0.39, 0.29) is 12.2 Å². The molecule has 0 unspecified atom stereocenters. The van der Waals surface area contributed by atoms with E-state index in [0.29, 0.717) is 11.3 Å². The minimum absolute atomic E-state index is 0.0793. The lowest BCUT2D eigenvalue weighted by Crippen LogP contribution is -2.01. The Morgan fingerprint density at radius 2 is 2.29 bits per heavy atom. The van der Waals surface area contributed by atoms with Crippen molar-refractivity contribution in [3.63, 3.8) is 0 Å². The van der Waals surface area contributed by atoms with Gasteiger partial charge in [-0.15, -0.1) is 6.42 Å². The van der Waals surface area contributed by atoms with E-state index in [1.807, 2.05) is 19.1 Å². The summed E-state index contributed by atoms with van der Waals surface area (Å²) >= 11 is 0. The molecule has 72 valence electrons. The van der Waals surface area contributed by atoms with Gasteiger partial charge in [-0.2, -0.15) is 0 Å². The molecule has 0 bridgehead atoms. The molecule has 0 spiro atoms. The SMILES string of the molecule is C#CCC(=O)c1ccc(C)cc1OC. The minimum atomic E-state index is -0.0793. The molecular weight excluding hydrogens is 176 g/mol. The van der Waals surface area contributed by atoms with Crippen molar-refractivity contribution in [1.29, 1.82) is 0 Å². The van der Waals surface area contributed by atoms with Gasteiger partial charge in [-0.3, -0.25) is 4.79 Å². The molecule has 1 rings (SSSR count). The smallest absolute Gasteiger partial charge is 0.178 e. The van der Waals surface area contributed by atoms with Crippen LogP contribution < -0.4 is 4.74 Å². The molecule has 1 aromatic carbocycles. The molecule has 0 saturated carbocycles. The maximum absolute atomic E-state index is 11.5. The fourth-order valence-corrected chi connectivity index (χ4v) is 1.22. The first-order chi connectivity index (χ1) is 6.69. The molecule has 0 amide bonds. The highest BCUT2D eigenvalue weighted by atomic mass is 16.5. The zero-order valence-electron chi connectivity index (χ0n) is 8.33. The average molecular weight is 188 g/mol. The van der Waals surface area contributed by atoms with Gasteiger partial charge in [-0.25, -0.2) is 0 Å². The lowest BCUT2D eigenvalue weighted by Gasteiger charge is -2.06. The molecule has 14 heavy (non-hydrogen) atoms. The van der Waals surface area contributed by atoms with Crippen LogP contribution in [0.4, 0.5) is 0 Å². The second kappa shape index (κ2) is 4.48. The molecule has 0 aliphatic rings. The fraction of sp³-hybridized carbons (Fsp3) is 0.250. The van der Waals surface area contributed by atoms with E-state index in [1.165, 1.54) is 0 Å². The third-order valence-electron chi connectivity index (χ3n) is 1.92. The van der Waals surface area contributed by atoms with Gasteiger partial charge in [0.05, 0.1) is 19.1 Å². The summed E-state index contributed by atoms with van der Waals surface area (Å²) in [6.07, 6.45) is 5.19. The molecular formula is C12H12O2. The van der Waals surface area contributed by atoms with E-state index in [1.54, 1.807) is 13.2 Å². The molecule has 0 aliphatic heterocycles. The van der Waals surface area contributed by atoms with Crippen molar-refractivity contribution in [3.8, 4) is 18.1 Å². The second-order valence-electron chi connectivity index (χ2n) is 3.01. The van der Waals surface area contributed by atoms with Crippen molar-refractivity contribution in [3.05, 3.63) is 29.3 Å². The maximum Gasteiger partial charge on any atom is 0.178 e. The Bertz CT molecular complexity index is 386. The standard InChI is InChI=1S/C12H12O2/c1-4-5-11(13)10-7-6-9(2)8-12(10)14-3/h1,6-8H,5H2,2-3H3. The quantitative estimate of drug-likeness (QED) is 0.537. The average Bonchev–Trinajstić information content (AvgIpc) is 2.17. The summed E-state index contributed by atoms with van der Waals surface area (Å²) in [6.45, 7) is 1.94. The van der Waals surface area contributed by atoms with Gasteiger partial charge in [0.15, 0.2) is 5.78 Å². The van der Waals surface area contributed by atoms with Crippen molar-refractivity contribution in [2.45, 2.75) is 13.3 Å². The van der Waals surface area contributed by atoms with Gasteiger partial charge < -0.3 is 4.74 Å². The molecule has 0 saturated heterocycles. The number of terminal acetylenes is 1. The number of hydrogen-bond donors (Lipinski definition) is 0. The van der Waals surface area contributed by atoms with Crippen LogP contribution in [0.1, 0.15) is 22.3 Å². The van der Waals surface area contributed by atoms with Crippen LogP contribution in [0, 0.1) is 19.3 Å². The Labute approximate surface area is 83.9 Å². The van der Waals surface area contributed by atoms with E-state index in [2.05, 4.69) is 5.92 Å². The van der Waals surface area contributed by atoms with Crippen LogP contribution in [0.2, 0.25) is 0 Å². The number of benzene rings is 1. The van der Waals surface area contributed by atoms with Gasteiger partial charge in [0.2, 0.25) is 0 Å². The van der Waals surface area contributed by atoms with Crippen molar-refractivity contribution < 1.29 is 9.53 Å². The van der Waals surface area contributed by atoms with E-state index < -0.39 is 0 Å². The number of carbonyl (C=O) groups excluding carboxylic acids is 1. The summed E-state index contributed by atoms with van der Waals surface area (Å²) < 4.78 is 5.10. The predicted octanol–water partition coefficient (Wildman–Crippen LogP) is 2.21. The van der Waals surface area contributed by atoms with Crippen molar-refractivity contribution >= 4 is 5.78 Å². The molecule has 0 radical (unpaired) electrons. The van der Waals surface area contributed by atoms with Crippen LogP contribution in [-0.4, -0.2) is 12.9 Å². The third kappa shape index (κ3) is 2.14. The number of carbonyl (C=O) groups is 1. The van der Waals surface area contributed by atoms with Crippen LogP contribution in [0.25, 0.3) is 0 Å². The number of ketones is 1. The lowest BCUT2D eigenvalue weighted by molar-refractivity contribution is 0.0995. The van der Waals surface area contributed by atoms with Crippen LogP contribution >= 0.6 is 0 Å². The second-order valence-corrected chi connectivity index (χ2v) is 3.01. The summed E-state index contributed by atoms with van der Waals surface area (Å²) in [5, 5.41) is 0. The Morgan fingerprint density at radius 1 is 1.57 bits per heavy atom. The molecule has 0 aliphatic carbocycles. The largest absolute Gasteiger partial charge is 0.496 e. The summed E-state index contributed by atoms with van der Waals surface area (Å²) in [7, 11) is 1.54. The van der Waals surface area contributed by atoms with Crippen LogP contribution in [0.15, 0.2) is 18.2 Å². The van der Waals surface area contributed by atoms with Gasteiger partial charge in [-0.1, -0.05) is 12.0 Å². The van der Waals surface area contributed by atoms with Gasteiger partial charge in [-0.05, 0) is 24.6 Å². The molecule has 0 aromatic heterocycles. The first-order valence-corrected chi connectivity index (χ1v) is 4.30. The van der Waals surface area contributed by atoms with Gasteiger partial charge >= 0.3 is 0 Å². The Balaban J connectivity index is 3.09. The van der Waals surface area contributed by atoms with E-state index in [0.717, 1.165) is 5.56 Å². The maximum atomic E-state index is 11.5. The minimum Gasteiger partial charge on any atom is -0.496 e. The monoisotopic (exact) mass is 188 g/mol. The Morgan fingerprint density at radius 3 is 2.86 bits per heavy atom. The predicted molar refractivity (Wildman–Crippen MR) is 55.5 cm³/mol. The van der Waals surface area contributed by atoms with Crippen molar-refractivity contribution in [2.24, 2.45) is 0 Å². The van der Waals surface area contributed by atoms with Crippen LogP contribution in [0.5, 0.6) is 5.75 Å². The molecule has 0 heterocycles. The number of ether oxygens (including phenoxy) is 1. The van der Waals surface area contributed by atoms with E-state index in [9.17, 15) is 4.79 Å². The van der Waals surface area contributed by atoms with E-state index in [4.69, 9.17) is 11.2 Å². The number of hydrogen-bond acceptors (Lipinski definition) is 2. The molecule has 2 heteroatoms. The third-order valence-corrected chi connectivity index (χ3v) is 1.92. The summed E-state index contributed by atoms with van der Waals surface area (Å²) in [5.74, 6) is 2.84.